The normalized spacial score (nSPS) is 18.9. The number of pyridine rings is 1. The molecule has 0 spiro atoms. The molecular formula is C14H19N3O. The van der Waals surface area contributed by atoms with E-state index >= 15 is 0 Å². The van der Waals surface area contributed by atoms with Gasteiger partial charge in [0.2, 0.25) is 0 Å². The van der Waals surface area contributed by atoms with Gasteiger partial charge in [-0.25, -0.2) is 0 Å². The van der Waals surface area contributed by atoms with E-state index in [0.717, 1.165) is 18.4 Å². The fourth-order valence-corrected chi connectivity index (χ4v) is 2.69. The minimum atomic E-state index is -0.0683. The molecule has 0 bridgehead atoms. The van der Waals surface area contributed by atoms with Crippen molar-refractivity contribution in [2.45, 2.75) is 25.7 Å². The number of aromatic nitrogens is 1. The van der Waals surface area contributed by atoms with Gasteiger partial charge in [-0.2, -0.15) is 0 Å². The second-order valence-electron chi connectivity index (χ2n) is 5.51. The van der Waals surface area contributed by atoms with Crippen LogP contribution in [0.3, 0.4) is 0 Å². The molecule has 0 aliphatic heterocycles. The number of hydrogen-bond donors (Lipinski definition) is 2. The second kappa shape index (κ2) is 4.59. The fourth-order valence-electron chi connectivity index (χ4n) is 2.69. The highest BCUT2D eigenvalue weighted by atomic mass is 16.1. The van der Waals surface area contributed by atoms with Gasteiger partial charge in [0, 0.05) is 12.7 Å². The van der Waals surface area contributed by atoms with Gasteiger partial charge in [-0.15, -0.1) is 0 Å². The van der Waals surface area contributed by atoms with Crippen LogP contribution in [-0.4, -0.2) is 17.4 Å². The number of amides is 1. The number of carbonyl (C=O) groups excluding carboxylic acids is 1. The lowest BCUT2D eigenvalue weighted by Gasteiger charge is -2.16. The molecule has 0 aromatic carbocycles. The van der Waals surface area contributed by atoms with Crippen molar-refractivity contribution in [1.82, 2.24) is 10.3 Å². The van der Waals surface area contributed by atoms with Crippen LogP contribution < -0.4 is 11.1 Å². The SMILES string of the molecule is Nc1cnccc1C(=O)NCC(C1CC1)C1CC1. The van der Waals surface area contributed by atoms with Crippen LogP contribution in [0, 0.1) is 17.8 Å². The number of nitrogens with one attached hydrogen (secondary N) is 1. The molecule has 1 aromatic rings. The Bertz CT molecular complexity index is 440. The van der Waals surface area contributed by atoms with Gasteiger partial charge in [0.05, 0.1) is 17.4 Å². The standard InChI is InChI=1S/C14H19N3O/c15-13-8-16-6-5-11(13)14(18)17-7-12(9-1-2-9)10-3-4-10/h5-6,8-10,12H,1-4,7,15H2,(H,17,18). The Morgan fingerprint density at radius 1 is 1.39 bits per heavy atom. The average molecular weight is 245 g/mol. The molecule has 18 heavy (non-hydrogen) atoms. The summed E-state index contributed by atoms with van der Waals surface area (Å²) in [6, 6.07) is 1.67. The van der Waals surface area contributed by atoms with Gasteiger partial charge in [0.25, 0.3) is 5.91 Å². The predicted molar refractivity (Wildman–Crippen MR) is 69.9 cm³/mol. The summed E-state index contributed by atoms with van der Waals surface area (Å²) in [5, 5.41) is 3.04. The summed E-state index contributed by atoms with van der Waals surface area (Å²) in [5.41, 5.74) is 6.73. The van der Waals surface area contributed by atoms with Crippen molar-refractivity contribution < 1.29 is 4.79 Å². The zero-order valence-electron chi connectivity index (χ0n) is 10.4. The van der Waals surface area contributed by atoms with E-state index in [2.05, 4.69) is 10.3 Å². The smallest absolute Gasteiger partial charge is 0.253 e. The maximum atomic E-state index is 12.0. The van der Waals surface area contributed by atoms with Crippen molar-refractivity contribution in [3.05, 3.63) is 24.0 Å². The lowest BCUT2D eigenvalue weighted by molar-refractivity contribution is 0.0944. The van der Waals surface area contributed by atoms with Gasteiger partial charge in [-0.1, -0.05) is 0 Å². The van der Waals surface area contributed by atoms with Crippen molar-refractivity contribution in [3.63, 3.8) is 0 Å². The third kappa shape index (κ3) is 2.47. The van der Waals surface area contributed by atoms with Crippen LogP contribution in [0.1, 0.15) is 36.0 Å². The van der Waals surface area contributed by atoms with E-state index in [0.29, 0.717) is 17.2 Å². The van der Waals surface area contributed by atoms with Crippen molar-refractivity contribution in [2.75, 3.05) is 12.3 Å². The van der Waals surface area contributed by atoms with E-state index in [4.69, 9.17) is 5.73 Å². The Labute approximate surface area is 107 Å². The topological polar surface area (TPSA) is 68.0 Å². The third-order valence-corrected chi connectivity index (χ3v) is 4.05. The largest absolute Gasteiger partial charge is 0.397 e. The Balaban J connectivity index is 1.59. The number of nitrogen functional groups attached to an aromatic ring is 1. The maximum absolute atomic E-state index is 12.0. The highest BCUT2D eigenvalue weighted by molar-refractivity contribution is 5.98. The molecule has 3 rings (SSSR count). The highest BCUT2D eigenvalue weighted by Gasteiger charge is 2.41. The maximum Gasteiger partial charge on any atom is 0.253 e. The van der Waals surface area contributed by atoms with Crippen LogP contribution in [0.15, 0.2) is 18.5 Å². The lowest BCUT2D eigenvalue weighted by Crippen LogP contribution is -2.31. The lowest BCUT2D eigenvalue weighted by atomic mass is 9.98. The van der Waals surface area contributed by atoms with Crippen molar-refractivity contribution >= 4 is 11.6 Å². The van der Waals surface area contributed by atoms with Crippen LogP contribution in [0.4, 0.5) is 5.69 Å². The summed E-state index contributed by atoms with van der Waals surface area (Å²) in [4.78, 5) is 15.9. The molecule has 0 unspecified atom stereocenters. The van der Waals surface area contributed by atoms with Gasteiger partial charge in [0.15, 0.2) is 0 Å². The number of carbonyl (C=O) groups is 1. The first-order chi connectivity index (χ1) is 8.75. The summed E-state index contributed by atoms with van der Waals surface area (Å²) in [6.45, 7) is 0.802. The summed E-state index contributed by atoms with van der Waals surface area (Å²) in [7, 11) is 0. The van der Waals surface area contributed by atoms with E-state index in [1.807, 2.05) is 0 Å². The van der Waals surface area contributed by atoms with Crippen LogP contribution in [0.25, 0.3) is 0 Å². The Hall–Kier alpha value is -1.58. The molecule has 2 aliphatic carbocycles. The Kier molecular flexibility index (Phi) is 2.94. The quantitative estimate of drug-likeness (QED) is 0.831. The fraction of sp³-hybridized carbons (Fsp3) is 0.571. The summed E-state index contributed by atoms with van der Waals surface area (Å²) in [6.07, 6.45) is 8.49. The Morgan fingerprint density at radius 2 is 2.06 bits per heavy atom. The number of rotatable bonds is 5. The first-order valence-corrected chi connectivity index (χ1v) is 6.73. The van der Waals surface area contributed by atoms with E-state index in [-0.39, 0.29) is 5.91 Å². The molecule has 0 radical (unpaired) electrons. The van der Waals surface area contributed by atoms with Crippen LogP contribution in [-0.2, 0) is 0 Å². The minimum Gasteiger partial charge on any atom is -0.397 e. The van der Waals surface area contributed by atoms with Crippen molar-refractivity contribution in [2.24, 2.45) is 17.8 Å². The van der Waals surface area contributed by atoms with E-state index < -0.39 is 0 Å². The predicted octanol–water partition coefficient (Wildman–Crippen LogP) is 1.83. The third-order valence-electron chi connectivity index (χ3n) is 4.05. The van der Waals surface area contributed by atoms with E-state index in [1.165, 1.54) is 31.9 Å². The van der Waals surface area contributed by atoms with Gasteiger partial charge in [-0.3, -0.25) is 9.78 Å². The van der Waals surface area contributed by atoms with Gasteiger partial charge < -0.3 is 11.1 Å². The first kappa shape index (κ1) is 11.5. The second-order valence-corrected chi connectivity index (χ2v) is 5.51. The molecule has 2 aliphatic rings. The number of nitrogens with zero attached hydrogens (tertiary/aromatic N) is 1. The summed E-state index contributed by atoms with van der Waals surface area (Å²) >= 11 is 0. The van der Waals surface area contributed by atoms with E-state index in [9.17, 15) is 4.79 Å². The molecule has 1 heterocycles. The van der Waals surface area contributed by atoms with Crippen LogP contribution in [0.5, 0.6) is 0 Å². The molecule has 4 heteroatoms. The molecule has 1 aromatic heterocycles. The molecule has 2 saturated carbocycles. The molecule has 2 fully saturated rings. The Morgan fingerprint density at radius 3 is 2.61 bits per heavy atom. The van der Waals surface area contributed by atoms with E-state index in [1.54, 1.807) is 12.3 Å². The molecule has 1 amide bonds. The molecule has 0 saturated heterocycles. The molecule has 3 N–H and O–H groups in total. The summed E-state index contributed by atoms with van der Waals surface area (Å²) in [5.74, 6) is 2.33. The first-order valence-electron chi connectivity index (χ1n) is 6.73. The molecular weight excluding hydrogens is 226 g/mol. The minimum absolute atomic E-state index is 0.0683. The number of anilines is 1. The van der Waals surface area contributed by atoms with Crippen LogP contribution in [0.2, 0.25) is 0 Å². The van der Waals surface area contributed by atoms with Gasteiger partial charge in [0.1, 0.15) is 0 Å². The zero-order valence-corrected chi connectivity index (χ0v) is 10.4. The summed E-state index contributed by atoms with van der Waals surface area (Å²) < 4.78 is 0. The number of hydrogen-bond acceptors (Lipinski definition) is 3. The van der Waals surface area contributed by atoms with Crippen LogP contribution >= 0.6 is 0 Å². The average Bonchev–Trinajstić information content (AvgIpc) is 3.24. The highest BCUT2D eigenvalue weighted by Crippen LogP contribution is 2.48. The van der Waals surface area contributed by atoms with Gasteiger partial charge in [-0.05, 0) is 49.5 Å². The number of nitrogens with two attached hydrogens (primary N) is 1. The zero-order chi connectivity index (χ0) is 12.5. The monoisotopic (exact) mass is 245 g/mol. The molecule has 96 valence electrons. The van der Waals surface area contributed by atoms with Crippen molar-refractivity contribution in [1.29, 1.82) is 0 Å². The molecule has 4 nitrogen and oxygen atoms in total. The van der Waals surface area contributed by atoms with Gasteiger partial charge >= 0.3 is 0 Å². The molecule has 0 atom stereocenters. The van der Waals surface area contributed by atoms with Crippen molar-refractivity contribution in [3.8, 4) is 0 Å².